The number of carbonyl (C=O) groups is 1. The fourth-order valence-corrected chi connectivity index (χ4v) is 2.30. The predicted octanol–water partition coefficient (Wildman–Crippen LogP) is 2.35. The van der Waals surface area contributed by atoms with E-state index in [2.05, 4.69) is 15.5 Å². The van der Waals surface area contributed by atoms with E-state index in [0.29, 0.717) is 5.82 Å². The van der Waals surface area contributed by atoms with Gasteiger partial charge in [0.25, 0.3) is 5.91 Å². The zero-order valence-corrected chi connectivity index (χ0v) is 14.8. The molecule has 10 heteroatoms. The topological polar surface area (TPSA) is 130 Å². The summed E-state index contributed by atoms with van der Waals surface area (Å²) in [6.45, 7) is -0.244. The molecule has 3 aromatic rings. The van der Waals surface area contributed by atoms with Crippen molar-refractivity contribution in [3.63, 3.8) is 0 Å². The summed E-state index contributed by atoms with van der Waals surface area (Å²) in [5.41, 5.74) is 0.615. The van der Waals surface area contributed by atoms with Crippen molar-refractivity contribution in [2.75, 3.05) is 13.7 Å². The molecular weight excluding hydrogens is 368 g/mol. The lowest BCUT2D eigenvalue weighted by Crippen LogP contribution is -2.28. The Labute approximate surface area is 159 Å². The molecule has 0 fully saturated rings. The first-order valence-corrected chi connectivity index (χ1v) is 8.16. The highest BCUT2D eigenvalue weighted by Gasteiger charge is 2.16. The third-order valence-electron chi connectivity index (χ3n) is 3.65. The molecule has 0 radical (unpaired) electrons. The monoisotopic (exact) mass is 384 g/mol. The number of hydrogen-bond donors (Lipinski definition) is 1. The number of methoxy groups -OCH3 is 1. The van der Waals surface area contributed by atoms with Crippen LogP contribution in [0.15, 0.2) is 53.1 Å². The second-order valence-corrected chi connectivity index (χ2v) is 5.53. The molecule has 0 aliphatic carbocycles. The van der Waals surface area contributed by atoms with Crippen LogP contribution in [0.5, 0.6) is 11.5 Å². The van der Waals surface area contributed by atoms with Gasteiger partial charge < -0.3 is 19.3 Å². The largest absolute Gasteiger partial charge is 0.490 e. The minimum Gasteiger partial charge on any atom is -0.490 e. The zero-order chi connectivity index (χ0) is 19.9. The molecule has 0 saturated heterocycles. The average molecular weight is 384 g/mol. The number of nitro groups is 1. The standard InChI is InChI=1S/C18H16N4O6/c1-26-15-9-13(7-8-14(15)22(24)25)27-11-16(23)19-10-17-20-18(21-28-17)12-5-3-2-4-6-12/h2-9H,10-11H2,1H3,(H,19,23). The molecule has 0 aliphatic rings. The van der Waals surface area contributed by atoms with Gasteiger partial charge in [0.05, 0.1) is 18.6 Å². The van der Waals surface area contributed by atoms with E-state index in [0.717, 1.165) is 5.56 Å². The Bertz CT molecular complexity index is 973. The lowest BCUT2D eigenvalue weighted by atomic mass is 10.2. The van der Waals surface area contributed by atoms with Crippen LogP contribution >= 0.6 is 0 Å². The highest BCUT2D eigenvalue weighted by atomic mass is 16.6. The fourth-order valence-electron chi connectivity index (χ4n) is 2.30. The summed E-state index contributed by atoms with van der Waals surface area (Å²) in [7, 11) is 1.31. The maximum absolute atomic E-state index is 11.9. The Morgan fingerprint density at radius 2 is 2.04 bits per heavy atom. The van der Waals surface area contributed by atoms with Crippen LogP contribution in [0, 0.1) is 10.1 Å². The minimum absolute atomic E-state index is 0.0437. The second kappa shape index (κ2) is 8.62. The molecule has 0 aliphatic heterocycles. The summed E-state index contributed by atoms with van der Waals surface area (Å²) in [6.07, 6.45) is 0. The Balaban J connectivity index is 1.51. The van der Waals surface area contributed by atoms with Crippen molar-refractivity contribution in [3.8, 4) is 22.9 Å². The number of rotatable bonds is 8. The molecule has 0 unspecified atom stereocenters. The number of nitrogens with one attached hydrogen (secondary N) is 1. The zero-order valence-electron chi connectivity index (χ0n) is 14.8. The molecule has 28 heavy (non-hydrogen) atoms. The molecule has 3 rings (SSSR count). The van der Waals surface area contributed by atoms with Gasteiger partial charge in [0.2, 0.25) is 17.5 Å². The van der Waals surface area contributed by atoms with Crippen LogP contribution in [0.4, 0.5) is 5.69 Å². The van der Waals surface area contributed by atoms with Crippen LogP contribution in [0.1, 0.15) is 5.89 Å². The molecule has 0 bridgehead atoms. The average Bonchev–Trinajstić information content (AvgIpc) is 3.20. The number of benzene rings is 2. The number of hydrogen-bond acceptors (Lipinski definition) is 8. The van der Waals surface area contributed by atoms with E-state index in [4.69, 9.17) is 14.0 Å². The van der Waals surface area contributed by atoms with Crippen molar-refractivity contribution in [1.82, 2.24) is 15.5 Å². The van der Waals surface area contributed by atoms with Gasteiger partial charge in [0, 0.05) is 17.7 Å². The van der Waals surface area contributed by atoms with Gasteiger partial charge in [-0.3, -0.25) is 14.9 Å². The van der Waals surface area contributed by atoms with Gasteiger partial charge in [0.1, 0.15) is 5.75 Å². The number of ether oxygens (including phenoxy) is 2. The lowest BCUT2D eigenvalue weighted by Gasteiger charge is -2.08. The van der Waals surface area contributed by atoms with Gasteiger partial charge >= 0.3 is 5.69 Å². The Hall–Kier alpha value is -3.95. The molecule has 10 nitrogen and oxygen atoms in total. The van der Waals surface area contributed by atoms with E-state index >= 15 is 0 Å². The number of aromatic nitrogens is 2. The minimum atomic E-state index is -0.566. The molecule has 1 N–H and O–H groups in total. The normalized spacial score (nSPS) is 10.3. The predicted molar refractivity (Wildman–Crippen MR) is 96.7 cm³/mol. The number of carbonyl (C=O) groups excluding carboxylic acids is 1. The number of amides is 1. The molecule has 0 spiro atoms. The Morgan fingerprint density at radius 1 is 1.25 bits per heavy atom. The Kier molecular flexibility index (Phi) is 5.80. The molecule has 0 atom stereocenters. The van der Waals surface area contributed by atoms with Crippen molar-refractivity contribution in [3.05, 3.63) is 64.5 Å². The summed E-state index contributed by atoms with van der Waals surface area (Å²) in [6, 6.07) is 13.3. The number of nitrogens with zero attached hydrogens (tertiary/aromatic N) is 3. The molecule has 1 amide bonds. The molecular formula is C18H16N4O6. The van der Waals surface area contributed by atoms with E-state index in [9.17, 15) is 14.9 Å². The van der Waals surface area contributed by atoms with E-state index in [-0.39, 0.29) is 36.2 Å². The van der Waals surface area contributed by atoms with E-state index in [1.54, 1.807) is 0 Å². The van der Waals surface area contributed by atoms with Crippen molar-refractivity contribution in [1.29, 1.82) is 0 Å². The van der Waals surface area contributed by atoms with Gasteiger partial charge in [-0.1, -0.05) is 35.5 Å². The summed E-state index contributed by atoms with van der Waals surface area (Å²) in [4.78, 5) is 26.4. The number of nitro benzene ring substituents is 1. The van der Waals surface area contributed by atoms with Crippen molar-refractivity contribution < 1.29 is 23.7 Å². The molecule has 1 heterocycles. The first kappa shape index (κ1) is 18.8. The Morgan fingerprint density at radius 3 is 2.75 bits per heavy atom. The van der Waals surface area contributed by atoms with Gasteiger partial charge in [-0.25, -0.2) is 0 Å². The molecule has 2 aromatic carbocycles. The first-order valence-electron chi connectivity index (χ1n) is 8.16. The molecule has 1 aromatic heterocycles. The molecule has 144 valence electrons. The van der Waals surface area contributed by atoms with Crippen LogP contribution < -0.4 is 14.8 Å². The summed E-state index contributed by atoms with van der Waals surface area (Å²) in [5, 5.41) is 17.3. The van der Waals surface area contributed by atoms with E-state index in [1.807, 2.05) is 30.3 Å². The quantitative estimate of drug-likeness (QED) is 0.463. The van der Waals surface area contributed by atoms with Crippen LogP contribution in [0.3, 0.4) is 0 Å². The fraction of sp³-hybridized carbons (Fsp3) is 0.167. The van der Waals surface area contributed by atoms with Crippen LogP contribution in [0.25, 0.3) is 11.4 Å². The maximum Gasteiger partial charge on any atom is 0.311 e. The second-order valence-electron chi connectivity index (χ2n) is 5.53. The highest BCUT2D eigenvalue weighted by Crippen LogP contribution is 2.30. The lowest BCUT2D eigenvalue weighted by molar-refractivity contribution is -0.385. The van der Waals surface area contributed by atoms with Gasteiger partial charge in [-0.15, -0.1) is 0 Å². The van der Waals surface area contributed by atoms with Gasteiger partial charge in [0.15, 0.2) is 6.61 Å². The SMILES string of the molecule is COc1cc(OCC(=O)NCc2nc(-c3ccccc3)no2)ccc1[N+](=O)[O-]. The first-order chi connectivity index (χ1) is 13.6. The van der Waals surface area contributed by atoms with Crippen molar-refractivity contribution >= 4 is 11.6 Å². The van der Waals surface area contributed by atoms with Crippen molar-refractivity contribution in [2.45, 2.75) is 6.54 Å². The summed E-state index contributed by atoms with van der Waals surface area (Å²) >= 11 is 0. The summed E-state index contributed by atoms with van der Waals surface area (Å²) in [5.74, 6) is 0.573. The summed E-state index contributed by atoms with van der Waals surface area (Å²) < 4.78 is 15.4. The molecule has 0 saturated carbocycles. The van der Waals surface area contributed by atoms with E-state index < -0.39 is 10.8 Å². The van der Waals surface area contributed by atoms with Crippen molar-refractivity contribution in [2.24, 2.45) is 0 Å². The van der Waals surface area contributed by atoms with Crippen LogP contribution in [-0.2, 0) is 11.3 Å². The van der Waals surface area contributed by atoms with Crippen LogP contribution in [0.2, 0.25) is 0 Å². The van der Waals surface area contributed by atoms with E-state index in [1.165, 1.54) is 25.3 Å². The van der Waals surface area contributed by atoms with Gasteiger partial charge in [-0.2, -0.15) is 4.98 Å². The maximum atomic E-state index is 11.9. The third kappa shape index (κ3) is 4.61. The van der Waals surface area contributed by atoms with Crippen LogP contribution in [-0.4, -0.2) is 34.7 Å². The van der Waals surface area contributed by atoms with Gasteiger partial charge in [-0.05, 0) is 6.07 Å². The smallest absolute Gasteiger partial charge is 0.311 e. The third-order valence-corrected chi connectivity index (χ3v) is 3.65. The highest BCUT2D eigenvalue weighted by molar-refractivity contribution is 5.77.